The highest BCUT2D eigenvalue weighted by atomic mass is 35.5. The van der Waals surface area contributed by atoms with Crippen LogP contribution in [0.3, 0.4) is 0 Å². The van der Waals surface area contributed by atoms with Crippen LogP contribution >= 0.6 is 22.9 Å². The average molecular weight is 442 g/mol. The third-order valence-corrected chi connectivity index (χ3v) is 6.08. The topological polar surface area (TPSA) is 85.2 Å². The lowest BCUT2D eigenvalue weighted by Crippen LogP contribution is -2.18. The number of rotatable bonds is 4. The van der Waals surface area contributed by atoms with E-state index in [0.29, 0.717) is 43.6 Å². The lowest BCUT2D eigenvalue weighted by Gasteiger charge is -2.26. The number of aliphatic hydroxyl groups excluding tert-OH is 1. The number of thiazole rings is 1. The molecule has 0 aliphatic rings. The first-order valence-electron chi connectivity index (χ1n) is 9.29. The molecule has 2 aromatic heterocycles. The Morgan fingerprint density at radius 3 is 2.60 bits per heavy atom. The number of carbonyl (C=O) groups excluding carboxylic acids is 1. The van der Waals surface area contributed by atoms with E-state index in [1.165, 1.54) is 18.4 Å². The minimum atomic E-state index is -0.782. The quantitative estimate of drug-likeness (QED) is 0.423. The maximum absolute atomic E-state index is 11.5. The fraction of sp³-hybridized carbons (Fsp3) is 0.273. The second kappa shape index (κ2) is 7.58. The minimum Gasteiger partial charge on any atom is -0.480 e. The zero-order valence-electron chi connectivity index (χ0n) is 16.9. The van der Waals surface area contributed by atoms with Crippen molar-refractivity contribution in [3.8, 4) is 16.5 Å². The number of aromatic nitrogens is 3. The Balaban J connectivity index is 1.98. The lowest BCUT2D eigenvalue weighted by atomic mass is 9.84. The van der Waals surface area contributed by atoms with Gasteiger partial charge in [0.15, 0.2) is 0 Å². The van der Waals surface area contributed by atoms with Crippen LogP contribution < -0.4 is 4.74 Å². The predicted molar refractivity (Wildman–Crippen MR) is 120 cm³/mol. The maximum Gasteiger partial charge on any atom is 0.232 e. The summed E-state index contributed by atoms with van der Waals surface area (Å²) in [5.74, 6) is 0.395. The van der Waals surface area contributed by atoms with E-state index in [9.17, 15) is 9.90 Å². The summed E-state index contributed by atoms with van der Waals surface area (Å²) in [5.41, 5.74) is 3.35. The van der Waals surface area contributed by atoms with Gasteiger partial charge in [-0.05, 0) is 29.7 Å². The van der Waals surface area contributed by atoms with Gasteiger partial charge in [-0.1, -0.05) is 32.4 Å². The zero-order chi connectivity index (χ0) is 21.6. The summed E-state index contributed by atoms with van der Waals surface area (Å²) >= 11 is 7.76. The van der Waals surface area contributed by atoms with Crippen LogP contribution in [0.15, 0.2) is 30.5 Å². The summed E-state index contributed by atoms with van der Waals surface area (Å²) in [6, 6.07) is 7.01. The molecule has 0 saturated carbocycles. The maximum atomic E-state index is 11.5. The van der Waals surface area contributed by atoms with Crippen molar-refractivity contribution in [2.45, 2.75) is 26.9 Å². The molecule has 0 saturated heterocycles. The molecule has 0 aliphatic heterocycles. The third-order valence-electron chi connectivity index (χ3n) is 4.83. The van der Waals surface area contributed by atoms with E-state index < -0.39 is 11.5 Å². The molecule has 1 unspecified atom stereocenters. The van der Waals surface area contributed by atoms with E-state index in [0.717, 1.165) is 16.5 Å². The number of ether oxygens (including phenoxy) is 1. The van der Waals surface area contributed by atoms with E-state index in [2.05, 4.69) is 9.97 Å². The predicted octanol–water partition coefficient (Wildman–Crippen LogP) is 5.46. The van der Waals surface area contributed by atoms with Gasteiger partial charge in [-0.15, -0.1) is 11.3 Å². The number of methoxy groups -OCH3 is 1. The van der Waals surface area contributed by atoms with E-state index in [1.807, 2.05) is 20.8 Å². The molecule has 4 rings (SSSR count). The van der Waals surface area contributed by atoms with Crippen LogP contribution in [-0.4, -0.2) is 33.5 Å². The number of hydrogen-bond acceptors (Lipinski definition) is 7. The monoisotopic (exact) mass is 441 g/mol. The van der Waals surface area contributed by atoms with Gasteiger partial charge >= 0.3 is 0 Å². The number of halogens is 1. The molecule has 0 spiro atoms. The number of fused-ring (bicyclic) bond motifs is 2. The molecular formula is C22H20ClN3O3S. The van der Waals surface area contributed by atoms with E-state index in [1.54, 1.807) is 30.5 Å². The van der Waals surface area contributed by atoms with Gasteiger partial charge in [0.2, 0.25) is 5.88 Å². The Bertz CT molecular complexity index is 1280. The van der Waals surface area contributed by atoms with E-state index >= 15 is 0 Å². The molecule has 1 atom stereocenters. The van der Waals surface area contributed by atoms with Crippen LogP contribution in [0, 0.1) is 5.41 Å². The van der Waals surface area contributed by atoms with Gasteiger partial charge in [0, 0.05) is 21.7 Å². The van der Waals surface area contributed by atoms with Crippen LogP contribution in [0.2, 0.25) is 5.02 Å². The highest BCUT2D eigenvalue weighted by Gasteiger charge is 2.27. The van der Waals surface area contributed by atoms with E-state index in [4.69, 9.17) is 21.3 Å². The van der Waals surface area contributed by atoms with Crippen LogP contribution in [0.5, 0.6) is 5.88 Å². The van der Waals surface area contributed by atoms with Gasteiger partial charge in [-0.3, -0.25) is 4.79 Å². The fourth-order valence-electron chi connectivity index (χ4n) is 3.27. The van der Waals surface area contributed by atoms with Crippen LogP contribution in [0.1, 0.15) is 42.8 Å². The van der Waals surface area contributed by atoms with Crippen molar-refractivity contribution in [2.75, 3.05) is 7.11 Å². The van der Waals surface area contributed by atoms with E-state index in [-0.39, 0.29) is 0 Å². The highest BCUT2D eigenvalue weighted by molar-refractivity contribution is 7.21. The summed E-state index contributed by atoms with van der Waals surface area (Å²) in [4.78, 5) is 25.2. The Morgan fingerprint density at radius 1 is 1.17 bits per heavy atom. The fourth-order valence-corrected chi connectivity index (χ4v) is 4.55. The second-order valence-corrected chi connectivity index (χ2v) is 9.56. The number of hydrogen-bond donors (Lipinski definition) is 1. The van der Waals surface area contributed by atoms with Crippen LogP contribution in [0.4, 0.5) is 0 Å². The first kappa shape index (κ1) is 20.7. The van der Waals surface area contributed by atoms with Crippen molar-refractivity contribution in [3.05, 3.63) is 46.6 Å². The number of benzene rings is 2. The van der Waals surface area contributed by atoms with Crippen LogP contribution in [0.25, 0.3) is 31.8 Å². The molecule has 0 radical (unpaired) electrons. The molecule has 2 aromatic carbocycles. The van der Waals surface area contributed by atoms with Gasteiger partial charge < -0.3 is 9.84 Å². The standard InChI is InChI=1S/C22H20ClN3O3S/c1-22(2,3)20(28)13-5-11(10-27)6-16-19(13)26-21(30-16)14-7-12(23)8-15-18(14)24-9-17(25-15)29-4/h5-10,20,28H,1-4H3. The normalized spacial score (nSPS) is 13.0. The molecule has 2 heterocycles. The number of carbonyl (C=O) groups is 1. The average Bonchev–Trinajstić information content (AvgIpc) is 3.14. The molecular weight excluding hydrogens is 422 g/mol. The number of aldehydes is 1. The SMILES string of the molecule is COc1cnc2c(-c3nc4c(C(O)C(C)(C)C)cc(C=O)cc4s3)cc(Cl)cc2n1. The summed E-state index contributed by atoms with van der Waals surface area (Å²) in [6.45, 7) is 5.83. The van der Waals surface area contributed by atoms with Crippen molar-refractivity contribution >= 4 is 50.5 Å². The van der Waals surface area contributed by atoms with Crippen molar-refractivity contribution in [1.29, 1.82) is 0 Å². The molecule has 154 valence electrons. The van der Waals surface area contributed by atoms with Crippen molar-refractivity contribution in [1.82, 2.24) is 15.0 Å². The Hall–Kier alpha value is -2.61. The Labute approximate surface area is 182 Å². The first-order valence-corrected chi connectivity index (χ1v) is 10.5. The minimum absolute atomic E-state index is 0.395. The molecule has 1 N–H and O–H groups in total. The van der Waals surface area contributed by atoms with Crippen LogP contribution in [-0.2, 0) is 0 Å². The molecule has 0 bridgehead atoms. The lowest BCUT2D eigenvalue weighted by molar-refractivity contribution is 0.0637. The van der Waals surface area contributed by atoms with Gasteiger partial charge in [0.05, 0.1) is 40.7 Å². The molecule has 8 heteroatoms. The number of nitrogens with zero attached hydrogens (tertiary/aromatic N) is 3. The largest absolute Gasteiger partial charge is 0.480 e. The Kier molecular flexibility index (Phi) is 5.22. The summed E-state index contributed by atoms with van der Waals surface area (Å²) in [7, 11) is 1.53. The molecule has 0 fully saturated rings. The van der Waals surface area contributed by atoms with Crippen molar-refractivity contribution in [3.63, 3.8) is 0 Å². The highest BCUT2D eigenvalue weighted by Crippen LogP contribution is 2.41. The molecule has 30 heavy (non-hydrogen) atoms. The summed E-state index contributed by atoms with van der Waals surface area (Å²) < 4.78 is 5.97. The zero-order valence-corrected chi connectivity index (χ0v) is 18.5. The molecule has 4 aromatic rings. The number of aliphatic hydroxyl groups is 1. The summed E-state index contributed by atoms with van der Waals surface area (Å²) in [6.07, 6.45) is 1.55. The van der Waals surface area contributed by atoms with Crippen molar-refractivity contribution < 1.29 is 14.6 Å². The van der Waals surface area contributed by atoms with Crippen molar-refractivity contribution in [2.24, 2.45) is 5.41 Å². The molecule has 0 amide bonds. The van der Waals surface area contributed by atoms with Gasteiger partial charge in [-0.2, -0.15) is 0 Å². The third kappa shape index (κ3) is 3.64. The second-order valence-electron chi connectivity index (χ2n) is 8.10. The van der Waals surface area contributed by atoms with Gasteiger partial charge in [0.25, 0.3) is 0 Å². The Morgan fingerprint density at radius 2 is 1.93 bits per heavy atom. The van der Waals surface area contributed by atoms with Gasteiger partial charge in [0.1, 0.15) is 11.3 Å². The molecule has 6 nitrogen and oxygen atoms in total. The molecule has 0 aliphatic carbocycles. The first-order chi connectivity index (χ1) is 14.2. The van der Waals surface area contributed by atoms with Gasteiger partial charge in [-0.25, -0.2) is 15.0 Å². The summed E-state index contributed by atoms with van der Waals surface area (Å²) in [5, 5.41) is 12.1. The smallest absolute Gasteiger partial charge is 0.232 e.